The number of aryl methyl sites for hydroxylation is 2. The Morgan fingerprint density at radius 3 is 1.40 bits per heavy atom. The predicted molar refractivity (Wildman–Crippen MR) is 380 cm³/mol. The summed E-state index contributed by atoms with van der Waals surface area (Å²) in [7, 11) is -0.952. The largest absolute Gasteiger partial charge is 0.488 e. The minimum atomic E-state index is -0.476. The molecule has 8 heterocycles. The molecule has 0 radical (unpaired) electrons. The van der Waals surface area contributed by atoms with Crippen molar-refractivity contribution in [2.24, 2.45) is 16.5 Å². The van der Waals surface area contributed by atoms with Gasteiger partial charge in [0.25, 0.3) is 11.8 Å². The third kappa shape index (κ3) is 15.6. The Hall–Kier alpha value is -7.66. The molecule has 0 aliphatic carbocycles. The van der Waals surface area contributed by atoms with Crippen LogP contribution in [0.15, 0.2) is 198 Å². The topological polar surface area (TPSA) is 204 Å². The van der Waals surface area contributed by atoms with Crippen molar-refractivity contribution in [1.82, 2.24) is 19.5 Å². The standard InChI is InChI=1S/C22H17IN2.C21H22N4O2.C17H18BrN3O2.C12H24B2O4/c23-21-24-16-17-25(21)22(18-10-4-1-5-11-18,19-12-6-2-7-13-19)20-14-8-3-9-15-20;1-14-4-7-20(24-12-14)27-16-8-10-25(13-16)19-6-5-15(11-17(19)21(22)26)18-3-2-9-23-18;1-11-2-5-16(20-9-11)23-13-6-7-21(10-13)15-4-3-12(18)8-14(15)17(19)22;1-9(2)10(3,4)16-13(15-9)14-17-11(5,6)12(7,8)18-14/h1-17H;2,4-7,9,11-12,16H,3,8,10,13H2,1H3,(H2,22,26);2-5,8-9,13H,6-7,10H2,1H3,(H2,19,22);1-8H3/t;16-;13-;/m.11./s1. The molecule has 93 heavy (non-hydrogen) atoms. The quantitative estimate of drug-likeness (QED) is 0.0592. The van der Waals surface area contributed by atoms with E-state index >= 15 is 0 Å². The number of halogens is 2. The number of imidazole rings is 1. The van der Waals surface area contributed by atoms with Crippen molar-refractivity contribution in [3.63, 3.8) is 0 Å². The number of hydrogen-bond acceptors (Lipinski definition) is 14. The number of hydrogen-bond donors (Lipinski definition) is 2. The second-order valence-electron chi connectivity index (χ2n) is 25.7. The molecule has 0 saturated carbocycles. The van der Waals surface area contributed by atoms with Gasteiger partial charge in [-0.1, -0.05) is 131 Å². The Bertz CT molecular complexity index is 3770. The minimum absolute atomic E-state index is 0.0315. The van der Waals surface area contributed by atoms with Gasteiger partial charge in [-0.05, 0) is 156 Å². The van der Waals surface area contributed by atoms with Crippen molar-refractivity contribution in [3.05, 3.63) is 242 Å². The average Bonchev–Trinajstić information content (AvgIpc) is 1.71. The van der Waals surface area contributed by atoms with Crippen molar-refractivity contribution in [1.29, 1.82) is 0 Å². The minimum Gasteiger partial charge on any atom is -0.472 e. The Morgan fingerprint density at radius 2 is 1.02 bits per heavy atom. The number of nitrogens with zero attached hydrogens (tertiary/aromatic N) is 7. The molecular weight excluding hydrogens is 1350 g/mol. The number of aliphatic imine (C=N–C) groups is 1. The van der Waals surface area contributed by atoms with E-state index in [1.807, 2.05) is 136 Å². The number of carbonyl (C=O) groups excluding carboxylic acids is 2. The van der Waals surface area contributed by atoms with Crippen LogP contribution in [0, 0.1) is 17.7 Å². The second kappa shape index (κ2) is 28.9. The number of pyridine rings is 2. The molecule has 0 unspecified atom stereocenters. The SMILES string of the molecule is CC1(C)OB(B2OC(C)(C)C(C)(C)O2)OC1(C)C.Cc1ccc(O[C@@H]2CCN(c3ccc(Br)cc3C(N)=O)C2)nc1.Cc1ccc(O[C@@H]2CCN(c3ccc(C4=NC=CC4)cc3C(N)=O)C2)nc1.Ic1nccn1C(c1ccccc1)(c1ccccc1)c1ccccc1. The van der Waals surface area contributed by atoms with Gasteiger partial charge in [-0.2, -0.15) is 0 Å². The maximum absolute atomic E-state index is 12.0. The van der Waals surface area contributed by atoms with E-state index in [0.717, 1.165) is 74.4 Å². The first kappa shape index (κ1) is 68.2. The van der Waals surface area contributed by atoms with E-state index in [1.54, 1.807) is 24.7 Å². The molecule has 4 fully saturated rings. The van der Waals surface area contributed by atoms with E-state index < -0.39 is 31.4 Å². The van der Waals surface area contributed by atoms with Crippen LogP contribution in [0.3, 0.4) is 0 Å². The Balaban J connectivity index is 0.000000137. The number of rotatable bonds is 14. The number of primary amides is 2. The van der Waals surface area contributed by atoms with Gasteiger partial charge >= 0.3 is 14.0 Å². The summed E-state index contributed by atoms with van der Waals surface area (Å²) in [6, 6.07) is 51.0. The lowest BCUT2D eigenvalue weighted by molar-refractivity contribution is 0.00578. The first-order valence-electron chi connectivity index (χ1n) is 31.3. The van der Waals surface area contributed by atoms with Crippen molar-refractivity contribution < 1.29 is 37.7 Å². The molecule has 4 saturated heterocycles. The molecule has 3 aromatic heterocycles. The number of aromatic nitrogens is 4. The number of anilines is 2. The molecule has 5 aromatic carbocycles. The average molecular weight is 1430 g/mol. The fourth-order valence-electron chi connectivity index (χ4n) is 11.7. The van der Waals surface area contributed by atoms with Crippen LogP contribution in [0.25, 0.3) is 0 Å². The Labute approximate surface area is 569 Å². The zero-order valence-corrected chi connectivity index (χ0v) is 58.2. The normalized spacial score (nSPS) is 18.9. The van der Waals surface area contributed by atoms with Crippen LogP contribution in [0.2, 0.25) is 0 Å². The summed E-state index contributed by atoms with van der Waals surface area (Å²) >= 11 is 5.69. The van der Waals surface area contributed by atoms with E-state index in [1.165, 1.54) is 16.7 Å². The first-order chi connectivity index (χ1) is 44.3. The highest BCUT2D eigenvalue weighted by Crippen LogP contribution is 2.44. The molecule has 482 valence electrons. The lowest BCUT2D eigenvalue weighted by Crippen LogP contribution is -2.41. The number of ether oxygens (including phenoxy) is 2. The highest BCUT2D eigenvalue weighted by molar-refractivity contribution is 14.1. The molecule has 0 spiro atoms. The van der Waals surface area contributed by atoms with Gasteiger partial charge in [-0.25, -0.2) is 15.0 Å². The summed E-state index contributed by atoms with van der Waals surface area (Å²) < 4.78 is 39.8. The smallest absolute Gasteiger partial charge is 0.472 e. The van der Waals surface area contributed by atoms with Crippen LogP contribution in [0.1, 0.15) is 129 Å². The van der Waals surface area contributed by atoms with Crippen LogP contribution in [-0.4, -0.2) is 112 Å². The third-order valence-corrected chi connectivity index (χ3v) is 19.4. The molecular formula is C72H81B2BrIN9O8. The van der Waals surface area contributed by atoms with Crippen molar-refractivity contribution >= 4 is 81.4 Å². The molecule has 8 aromatic rings. The molecule has 0 bridgehead atoms. The van der Waals surface area contributed by atoms with E-state index in [0.29, 0.717) is 36.0 Å². The summed E-state index contributed by atoms with van der Waals surface area (Å²) in [5.74, 6) is 0.409. The molecule has 5 aliphatic heterocycles. The fraction of sp³-hybridized carbons (Fsp3) is 0.333. The van der Waals surface area contributed by atoms with Crippen molar-refractivity contribution in [2.45, 2.75) is 129 Å². The molecule has 13 rings (SSSR count). The maximum atomic E-state index is 12.0. The summed E-state index contributed by atoms with van der Waals surface area (Å²) in [4.78, 5) is 45.4. The van der Waals surface area contributed by atoms with E-state index in [2.05, 4.69) is 170 Å². The number of carbonyl (C=O) groups is 2. The summed E-state index contributed by atoms with van der Waals surface area (Å²) in [5, 5.41) is 0. The lowest BCUT2D eigenvalue weighted by atomic mass is 9.49. The van der Waals surface area contributed by atoms with Gasteiger partial charge in [0, 0.05) is 91.3 Å². The van der Waals surface area contributed by atoms with Crippen LogP contribution < -0.4 is 30.7 Å². The molecule has 5 aliphatic rings. The zero-order chi connectivity index (χ0) is 66.3. The van der Waals surface area contributed by atoms with Crippen molar-refractivity contribution in [2.75, 3.05) is 36.0 Å². The second-order valence-corrected chi connectivity index (χ2v) is 27.6. The third-order valence-electron chi connectivity index (χ3n) is 18.1. The maximum Gasteiger partial charge on any atom is 0.488 e. The van der Waals surface area contributed by atoms with E-state index in [4.69, 9.17) is 39.6 Å². The first-order valence-corrected chi connectivity index (χ1v) is 33.2. The van der Waals surface area contributed by atoms with Gasteiger partial charge in [0.2, 0.25) is 11.8 Å². The van der Waals surface area contributed by atoms with Crippen LogP contribution >= 0.6 is 38.5 Å². The predicted octanol–water partition coefficient (Wildman–Crippen LogP) is 13.3. The lowest BCUT2D eigenvalue weighted by Gasteiger charge is -2.37. The van der Waals surface area contributed by atoms with Gasteiger partial charge in [0.15, 0.2) is 3.83 Å². The molecule has 4 N–H and O–H groups in total. The number of allylic oxidation sites excluding steroid dienone is 1. The summed E-state index contributed by atoms with van der Waals surface area (Å²) in [6.07, 6.45) is 13.9. The highest BCUT2D eigenvalue weighted by atomic mass is 127. The number of nitrogens with two attached hydrogens (primary N) is 2. The van der Waals surface area contributed by atoms with Gasteiger partial charge in [0.05, 0.1) is 52.3 Å². The van der Waals surface area contributed by atoms with Crippen LogP contribution in [-0.2, 0) is 24.2 Å². The summed E-state index contributed by atoms with van der Waals surface area (Å²) in [5.41, 5.74) is 19.7. The Morgan fingerprint density at radius 1 is 0.591 bits per heavy atom. The van der Waals surface area contributed by atoms with E-state index in [9.17, 15) is 9.59 Å². The molecule has 2 atom stereocenters. The van der Waals surface area contributed by atoms with Crippen LogP contribution in [0.4, 0.5) is 11.4 Å². The molecule has 2 amide bonds. The van der Waals surface area contributed by atoms with Gasteiger partial charge < -0.3 is 53.9 Å². The van der Waals surface area contributed by atoms with Crippen molar-refractivity contribution in [3.8, 4) is 11.8 Å². The van der Waals surface area contributed by atoms with Gasteiger partial charge in [-0.3, -0.25) is 14.6 Å². The summed E-state index contributed by atoms with van der Waals surface area (Å²) in [6.45, 7) is 23.2. The van der Waals surface area contributed by atoms with Gasteiger partial charge in [0.1, 0.15) is 17.7 Å². The highest BCUT2D eigenvalue weighted by Gasteiger charge is 2.63. The van der Waals surface area contributed by atoms with Crippen LogP contribution in [0.5, 0.6) is 11.8 Å². The molecule has 21 heteroatoms. The fourth-order valence-corrected chi connectivity index (χ4v) is 12.7. The van der Waals surface area contributed by atoms with E-state index in [-0.39, 0.29) is 34.6 Å². The zero-order valence-electron chi connectivity index (χ0n) is 54.5. The number of benzene rings is 5. The van der Waals surface area contributed by atoms with Gasteiger partial charge in [-0.15, -0.1) is 0 Å². The Kier molecular flexibility index (Phi) is 21.2. The number of amides is 2. The monoisotopic (exact) mass is 1430 g/mol. The molecule has 17 nitrogen and oxygen atoms in total.